The van der Waals surface area contributed by atoms with E-state index < -0.39 is 0 Å². The van der Waals surface area contributed by atoms with E-state index in [9.17, 15) is 9.59 Å². The Morgan fingerprint density at radius 3 is 2.54 bits per heavy atom. The lowest BCUT2D eigenvalue weighted by atomic mass is 9.89. The highest BCUT2D eigenvalue weighted by Crippen LogP contribution is 2.44. The van der Waals surface area contributed by atoms with Gasteiger partial charge in [-0.15, -0.1) is 0 Å². The SMILES string of the molecule is O=C(c1cnc(OC2CCCOC2)c(C2CC2)c1)N1C[C@@H]2CN(C(=O)C3CCc4n[nH]nc4C3)C[C@H]2C1. The number of rotatable bonds is 5. The van der Waals surface area contributed by atoms with E-state index in [1.807, 2.05) is 15.9 Å². The first-order chi connectivity index (χ1) is 18.1. The molecule has 0 spiro atoms. The number of aryl methyl sites for hydroxylation is 1. The van der Waals surface area contributed by atoms with Crippen molar-refractivity contribution in [3.05, 3.63) is 34.8 Å². The lowest BCUT2D eigenvalue weighted by Crippen LogP contribution is -2.40. The van der Waals surface area contributed by atoms with Crippen LogP contribution >= 0.6 is 0 Å². The molecule has 4 fully saturated rings. The lowest BCUT2D eigenvalue weighted by molar-refractivity contribution is -0.135. The van der Waals surface area contributed by atoms with Gasteiger partial charge in [-0.25, -0.2) is 4.98 Å². The molecule has 10 nitrogen and oxygen atoms in total. The van der Waals surface area contributed by atoms with Gasteiger partial charge in [0.25, 0.3) is 5.91 Å². The van der Waals surface area contributed by atoms with Crippen molar-refractivity contribution in [2.45, 2.75) is 57.0 Å². The summed E-state index contributed by atoms with van der Waals surface area (Å²) in [6.07, 6.45) is 8.24. The molecule has 5 aliphatic rings. The van der Waals surface area contributed by atoms with Crippen molar-refractivity contribution in [2.75, 3.05) is 39.4 Å². The van der Waals surface area contributed by atoms with Crippen LogP contribution in [0.25, 0.3) is 0 Å². The van der Waals surface area contributed by atoms with Crippen molar-refractivity contribution >= 4 is 11.8 Å². The number of likely N-dealkylation sites (tertiary alicyclic amines) is 2. The van der Waals surface area contributed by atoms with Crippen LogP contribution < -0.4 is 4.74 Å². The molecule has 3 aliphatic heterocycles. The van der Waals surface area contributed by atoms with Gasteiger partial charge in [-0.1, -0.05) is 0 Å². The summed E-state index contributed by atoms with van der Waals surface area (Å²) in [6.45, 7) is 4.26. The molecule has 2 amide bonds. The fourth-order valence-electron chi connectivity index (χ4n) is 6.61. The third-order valence-electron chi connectivity index (χ3n) is 8.85. The predicted octanol–water partition coefficient (Wildman–Crippen LogP) is 1.97. The number of pyridine rings is 1. The van der Waals surface area contributed by atoms with Crippen molar-refractivity contribution < 1.29 is 19.1 Å². The van der Waals surface area contributed by atoms with Crippen LogP contribution in [-0.2, 0) is 22.4 Å². The van der Waals surface area contributed by atoms with E-state index in [4.69, 9.17) is 9.47 Å². The number of nitrogens with one attached hydrogen (secondary N) is 1. The van der Waals surface area contributed by atoms with Gasteiger partial charge in [0.2, 0.25) is 11.8 Å². The van der Waals surface area contributed by atoms with Crippen LogP contribution in [0.1, 0.15) is 65.3 Å². The number of nitrogens with zero attached hydrogens (tertiary/aromatic N) is 5. The van der Waals surface area contributed by atoms with Gasteiger partial charge in [0, 0.05) is 68.7 Å². The molecule has 2 aliphatic carbocycles. The average Bonchev–Trinajstić information content (AvgIpc) is 3.33. The Kier molecular flexibility index (Phi) is 5.86. The van der Waals surface area contributed by atoms with Gasteiger partial charge in [-0.05, 0) is 50.5 Å². The van der Waals surface area contributed by atoms with Crippen LogP contribution in [0.4, 0.5) is 0 Å². The maximum atomic E-state index is 13.5. The summed E-state index contributed by atoms with van der Waals surface area (Å²) in [7, 11) is 0. The van der Waals surface area contributed by atoms with E-state index in [1.165, 1.54) is 0 Å². The first-order valence-electron chi connectivity index (χ1n) is 13.8. The van der Waals surface area contributed by atoms with E-state index in [-0.39, 0.29) is 23.8 Å². The first-order valence-corrected chi connectivity index (χ1v) is 13.8. The van der Waals surface area contributed by atoms with E-state index in [0.29, 0.717) is 55.3 Å². The number of hydrogen-bond acceptors (Lipinski definition) is 7. The molecule has 0 aromatic carbocycles. The highest BCUT2D eigenvalue weighted by atomic mass is 16.5. The quantitative estimate of drug-likeness (QED) is 0.660. The Bertz CT molecular complexity index is 1180. The second kappa shape index (κ2) is 9.38. The molecule has 7 rings (SSSR count). The highest BCUT2D eigenvalue weighted by Gasteiger charge is 2.45. The molecular formula is C27H34N6O4. The zero-order chi connectivity index (χ0) is 24.9. The molecule has 2 unspecified atom stereocenters. The number of carbonyl (C=O) groups is 2. The second-order valence-corrected chi connectivity index (χ2v) is 11.5. The van der Waals surface area contributed by atoms with Crippen molar-refractivity contribution in [3.63, 3.8) is 0 Å². The number of aromatic nitrogens is 4. The summed E-state index contributed by atoms with van der Waals surface area (Å²) in [5.74, 6) is 2.04. The van der Waals surface area contributed by atoms with Gasteiger partial charge in [0.05, 0.1) is 23.6 Å². The van der Waals surface area contributed by atoms with Crippen LogP contribution in [0.5, 0.6) is 5.88 Å². The standard InChI is InChI=1S/C27H34N6O4/c34-26(17-5-6-23-24(9-17)30-31-29-23)32-11-19-13-33(14-20(19)12-32)27(35)18-8-22(16-3-4-16)25(28-10-18)37-21-2-1-7-36-15-21/h8,10,16-17,19-21H,1-7,9,11-15H2,(H,29,30,31)/t17?,19-,20-,21?/m0/s1. The molecule has 10 heteroatoms. The van der Waals surface area contributed by atoms with Crippen LogP contribution in [0.2, 0.25) is 0 Å². The summed E-state index contributed by atoms with van der Waals surface area (Å²) < 4.78 is 11.8. The van der Waals surface area contributed by atoms with Gasteiger partial charge in [0.15, 0.2) is 0 Å². The third kappa shape index (κ3) is 4.49. The molecule has 5 heterocycles. The van der Waals surface area contributed by atoms with Crippen LogP contribution in [0, 0.1) is 17.8 Å². The lowest BCUT2D eigenvalue weighted by Gasteiger charge is -2.27. The van der Waals surface area contributed by atoms with Gasteiger partial charge < -0.3 is 19.3 Å². The summed E-state index contributed by atoms with van der Waals surface area (Å²) >= 11 is 0. The van der Waals surface area contributed by atoms with Gasteiger partial charge in [-0.3, -0.25) is 9.59 Å². The zero-order valence-corrected chi connectivity index (χ0v) is 21.1. The normalized spacial score (nSPS) is 29.2. The summed E-state index contributed by atoms with van der Waals surface area (Å²) in [6, 6.07) is 2.01. The van der Waals surface area contributed by atoms with Gasteiger partial charge in [-0.2, -0.15) is 15.4 Å². The molecule has 37 heavy (non-hydrogen) atoms. The van der Waals surface area contributed by atoms with Crippen molar-refractivity contribution in [2.24, 2.45) is 17.8 Å². The number of hydrogen-bond donors (Lipinski definition) is 1. The molecule has 1 saturated carbocycles. The number of ether oxygens (including phenoxy) is 2. The highest BCUT2D eigenvalue weighted by molar-refractivity contribution is 5.94. The molecule has 0 radical (unpaired) electrons. The summed E-state index contributed by atoms with van der Waals surface area (Å²) in [5, 5.41) is 11.1. The predicted molar refractivity (Wildman–Crippen MR) is 132 cm³/mol. The molecular weight excluding hydrogens is 472 g/mol. The Balaban J connectivity index is 0.981. The monoisotopic (exact) mass is 506 g/mol. The Morgan fingerprint density at radius 1 is 1.00 bits per heavy atom. The van der Waals surface area contributed by atoms with E-state index in [2.05, 4.69) is 20.4 Å². The van der Waals surface area contributed by atoms with Crippen molar-refractivity contribution in [1.29, 1.82) is 0 Å². The molecule has 3 saturated heterocycles. The molecule has 0 bridgehead atoms. The largest absolute Gasteiger partial charge is 0.472 e. The number of amides is 2. The van der Waals surface area contributed by atoms with Crippen molar-refractivity contribution in [1.82, 2.24) is 30.2 Å². The molecule has 1 N–H and O–H groups in total. The fraction of sp³-hybridized carbons (Fsp3) is 0.667. The first kappa shape index (κ1) is 23.1. The Morgan fingerprint density at radius 2 is 1.78 bits per heavy atom. The number of H-pyrrole nitrogens is 1. The van der Waals surface area contributed by atoms with Crippen LogP contribution in [0.3, 0.4) is 0 Å². The minimum atomic E-state index is -0.0120. The van der Waals surface area contributed by atoms with E-state index >= 15 is 0 Å². The summed E-state index contributed by atoms with van der Waals surface area (Å²) in [4.78, 5) is 35.3. The smallest absolute Gasteiger partial charge is 0.255 e. The van der Waals surface area contributed by atoms with E-state index in [1.54, 1.807) is 6.20 Å². The topological polar surface area (TPSA) is 114 Å². The maximum absolute atomic E-state index is 13.5. The number of aromatic amines is 1. The van der Waals surface area contributed by atoms with Crippen molar-refractivity contribution in [3.8, 4) is 5.88 Å². The Hall–Kier alpha value is -3.01. The van der Waals surface area contributed by atoms with E-state index in [0.717, 1.165) is 75.2 Å². The average molecular weight is 507 g/mol. The second-order valence-electron chi connectivity index (χ2n) is 11.5. The third-order valence-corrected chi connectivity index (χ3v) is 8.85. The summed E-state index contributed by atoms with van der Waals surface area (Å²) in [5.41, 5.74) is 3.64. The minimum absolute atomic E-state index is 0.0120. The van der Waals surface area contributed by atoms with Crippen LogP contribution in [-0.4, -0.2) is 87.5 Å². The Labute approximate surface area is 216 Å². The zero-order valence-electron chi connectivity index (χ0n) is 21.1. The molecule has 2 aromatic heterocycles. The van der Waals surface area contributed by atoms with Crippen LogP contribution in [0.15, 0.2) is 12.3 Å². The minimum Gasteiger partial charge on any atom is -0.472 e. The number of carbonyl (C=O) groups excluding carboxylic acids is 2. The van der Waals surface area contributed by atoms with Gasteiger partial charge >= 0.3 is 0 Å². The molecule has 4 atom stereocenters. The maximum Gasteiger partial charge on any atom is 0.255 e. The fourth-order valence-corrected chi connectivity index (χ4v) is 6.61. The molecule has 196 valence electrons. The van der Waals surface area contributed by atoms with Gasteiger partial charge in [0.1, 0.15) is 6.10 Å². The number of fused-ring (bicyclic) bond motifs is 2. The molecule has 2 aromatic rings.